The quantitative estimate of drug-likeness (QED) is 0.202. The van der Waals surface area contributed by atoms with E-state index >= 15 is 0 Å². The second-order valence-electron chi connectivity index (χ2n) is 13.1. The fourth-order valence-electron chi connectivity index (χ4n) is 7.99. The Balaban J connectivity index is 0.991. The van der Waals surface area contributed by atoms with E-state index in [9.17, 15) is 14.4 Å². The molecule has 210 valence electrons. The molecule has 9 heteroatoms. The molecule has 7 aliphatic rings. The Morgan fingerprint density at radius 2 is 1.21 bits per heavy atom. The van der Waals surface area contributed by atoms with E-state index in [4.69, 9.17) is 14.2 Å². The molecule has 2 bridgehead atoms. The molecule has 38 heavy (non-hydrogen) atoms. The van der Waals surface area contributed by atoms with Crippen LogP contribution in [0.15, 0.2) is 0 Å². The highest BCUT2D eigenvalue weighted by molar-refractivity contribution is 8.08. The van der Waals surface area contributed by atoms with Gasteiger partial charge in [0.1, 0.15) is 19.8 Å². The molecule has 12 unspecified atom stereocenters. The Bertz CT molecular complexity index is 945. The summed E-state index contributed by atoms with van der Waals surface area (Å²) in [4.78, 5) is 39.4. The Kier molecular flexibility index (Phi) is 6.99. The highest BCUT2D eigenvalue weighted by Crippen LogP contribution is 2.69. The van der Waals surface area contributed by atoms with Crippen LogP contribution in [0.4, 0.5) is 0 Å². The standard InChI is InChI=1S/C29H40O6S3/c1-3-29(11-33-26(30)15-4-6-19-21(8-15)36-19,12-34-27(31)16-5-7-20-22(9-16)37-20)13-35-28(32)23-14(2)17-10-18(23)25-24(17)38-25/h14-25H,3-13H2,1-2H3. The molecule has 7 fully saturated rings. The molecule has 3 heterocycles. The van der Waals surface area contributed by atoms with Gasteiger partial charge in [0.2, 0.25) is 0 Å². The highest BCUT2D eigenvalue weighted by atomic mass is 32.2. The molecular weight excluding hydrogens is 541 g/mol. The van der Waals surface area contributed by atoms with Gasteiger partial charge in [-0.1, -0.05) is 13.8 Å². The third kappa shape index (κ3) is 4.93. The number of rotatable bonds is 10. The molecule has 0 spiro atoms. The van der Waals surface area contributed by atoms with Crippen LogP contribution in [-0.4, -0.2) is 69.2 Å². The van der Waals surface area contributed by atoms with Gasteiger partial charge in [-0.05, 0) is 69.1 Å². The summed E-state index contributed by atoms with van der Waals surface area (Å²) >= 11 is 6.00. The molecule has 4 saturated carbocycles. The van der Waals surface area contributed by atoms with Crippen molar-refractivity contribution in [1.82, 2.24) is 0 Å². The predicted molar refractivity (Wildman–Crippen MR) is 150 cm³/mol. The van der Waals surface area contributed by atoms with Crippen LogP contribution < -0.4 is 0 Å². The van der Waals surface area contributed by atoms with Crippen molar-refractivity contribution in [2.45, 2.75) is 96.7 Å². The lowest BCUT2D eigenvalue weighted by molar-refractivity contribution is -0.169. The molecule has 6 nitrogen and oxygen atoms in total. The summed E-state index contributed by atoms with van der Waals surface area (Å²) in [7, 11) is 0. The molecule has 0 aromatic carbocycles. The normalized spacial score (nSPS) is 46.6. The maximum atomic E-state index is 13.4. The largest absolute Gasteiger partial charge is 0.465 e. The van der Waals surface area contributed by atoms with Gasteiger partial charge in [-0.15, -0.1) is 0 Å². The fraction of sp³-hybridized carbons (Fsp3) is 0.897. The van der Waals surface area contributed by atoms with Gasteiger partial charge in [0.05, 0.1) is 23.2 Å². The van der Waals surface area contributed by atoms with Crippen LogP contribution in [0.3, 0.4) is 0 Å². The van der Waals surface area contributed by atoms with Crippen molar-refractivity contribution in [2.24, 2.45) is 40.9 Å². The first-order chi connectivity index (χ1) is 18.4. The lowest BCUT2D eigenvalue weighted by atomic mass is 9.80. The first-order valence-corrected chi connectivity index (χ1v) is 17.6. The third-order valence-corrected chi connectivity index (χ3v) is 15.5. The van der Waals surface area contributed by atoms with E-state index in [-0.39, 0.29) is 55.5 Å². The van der Waals surface area contributed by atoms with E-state index in [1.165, 1.54) is 0 Å². The first-order valence-electron chi connectivity index (χ1n) is 14.8. The van der Waals surface area contributed by atoms with Crippen molar-refractivity contribution in [1.29, 1.82) is 0 Å². The summed E-state index contributed by atoms with van der Waals surface area (Å²) < 4.78 is 17.9. The molecule has 0 aromatic heterocycles. The summed E-state index contributed by atoms with van der Waals surface area (Å²) in [5.41, 5.74) is -0.713. The third-order valence-electron chi connectivity index (χ3n) is 10.9. The number of carbonyl (C=O) groups excluding carboxylic acids is 3. The maximum Gasteiger partial charge on any atom is 0.309 e. The smallest absolute Gasteiger partial charge is 0.309 e. The summed E-state index contributed by atoms with van der Waals surface area (Å²) in [6.45, 7) is 4.60. The molecule has 0 radical (unpaired) electrons. The molecule has 3 saturated heterocycles. The monoisotopic (exact) mass is 580 g/mol. The maximum absolute atomic E-state index is 13.4. The molecule has 0 N–H and O–H groups in total. The molecule has 4 aliphatic carbocycles. The van der Waals surface area contributed by atoms with Crippen LogP contribution in [0, 0.1) is 40.9 Å². The predicted octanol–water partition coefficient (Wildman–Crippen LogP) is 4.97. The molecule has 7 rings (SSSR count). The molecule has 0 amide bonds. The van der Waals surface area contributed by atoms with E-state index in [2.05, 4.69) is 6.92 Å². The van der Waals surface area contributed by atoms with Crippen LogP contribution in [0.2, 0.25) is 0 Å². The Morgan fingerprint density at radius 3 is 1.71 bits per heavy atom. The van der Waals surface area contributed by atoms with Gasteiger partial charge in [0.15, 0.2) is 0 Å². The zero-order valence-electron chi connectivity index (χ0n) is 22.4. The lowest BCUT2D eigenvalue weighted by Crippen LogP contribution is -2.42. The number of hydrogen-bond donors (Lipinski definition) is 0. The van der Waals surface area contributed by atoms with Gasteiger partial charge in [0.25, 0.3) is 0 Å². The van der Waals surface area contributed by atoms with Crippen molar-refractivity contribution in [3.8, 4) is 0 Å². The number of ether oxygens (including phenoxy) is 3. The minimum Gasteiger partial charge on any atom is -0.465 e. The van der Waals surface area contributed by atoms with Crippen LogP contribution >= 0.6 is 35.3 Å². The fourth-order valence-corrected chi connectivity index (χ4v) is 12.2. The first kappa shape index (κ1) is 26.4. The van der Waals surface area contributed by atoms with Gasteiger partial charge in [-0.2, -0.15) is 35.3 Å². The highest BCUT2D eigenvalue weighted by Gasteiger charge is 2.67. The molecular formula is C29H40O6S3. The van der Waals surface area contributed by atoms with Crippen LogP contribution in [0.1, 0.15) is 65.2 Å². The Morgan fingerprint density at radius 1 is 0.684 bits per heavy atom. The van der Waals surface area contributed by atoms with Crippen molar-refractivity contribution in [3.63, 3.8) is 0 Å². The average molecular weight is 581 g/mol. The van der Waals surface area contributed by atoms with Gasteiger partial charge < -0.3 is 14.2 Å². The Hall–Kier alpha value is -0.540. The number of carbonyl (C=O) groups is 3. The van der Waals surface area contributed by atoms with Crippen LogP contribution in [0.5, 0.6) is 0 Å². The van der Waals surface area contributed by atoms with Gasteiger partial charge in [0, 0.05) is 31.5 Å². The molecule has 3 aliphatic heterocycles. The molecule has 12 atom stereocenters. The zero-order chi connectivity index (χ0) is 26.2. The average Bonchev–Trinajstić information content (AvgIpc) is 3.85. The van der Waals surface area contributed by atoms with Crippen molar-refractivity contribution >= 4 is 53.2 Å². The Labute approximate surface area is 238 Å². The van der Waals surface area contributed by atoms with Crippen molar-refractivity contribution < 1.29 is 28.6 Å². The second-order valence-corrected chi connectivity index (χ2v) is 17.5. The van der Waals surface area contributed by atoms with Crippen molar-refractivity contribution in [3.05, 3.63) is 0 Å². The van der Waals surface area contributed by atoms with E-state index in [1.807, 2.05) is 42.2 Å². The van der Waals surface area contributed by atoms with Gasteiger partial charge in [-0.25, -0.2) is 0 Å². The topological polar surface area (TPSA) is 78.9 Å². The van der Waals surface area contributed by atoms with Crippen molar-refractivity contribution in [2.75, 3.05) is 19.8 Å². The van der Waals surface area contributed by atoms with Crippen LogP contribution in [-0.2, 0) is 28.6 Å². The van der Waals surface area contributed by atoms with Gasteiger partial charge >= 0.3 is 17.9 Å². The number of fused-ring (bicyclic) bond motifs is 7. The zero-order valence-corrected chi connectivity index (χ0v) is 24.8. The summed E-state index contributed by atoms with van der Waals surface area (Å²) in [5.74, 6) is 0.921. The van der Waals surface area contributed by atoms with Crippen LogP contribution in [0.25, 0.3) is 0 Å². The summed E-state index contributed by atoms with van der Waals surface area (Å²) in [6.07, 6.45) is 7.52. The second kappa shape index (κ2) is 10.1. The summed E-state index contributed by atoms with van der Waals surface area (Å²) in [6, 6.07) is 0. The number of thioether (sulfide) groups is 3. The minimum atomic E-state index is -0.713. The minimum absolute atomic E-state index is 0.0339. The molecule has 0 aromatic rings. The van der Waals surface area contributed by atoms with E-state index in [0.29, 0.717) is 39.9 Å². The number of esters is 3. The number of hydrogen-bond acceptors (Lipinski definition) is 9. The van der Waals surface area contributed by atoms with E-state index in [1.54, 1.807) is 0 Å². The SMILES string of the molecule is CCC(COC(=O)C1CCC2SC2C1)(COC(=O)C1CCC2SC2C1)COC(=O)C1C(C)C2CC1C1SC21. The lowest BCUT2D eigenvalue weighted by Gasteiger charge is -2.34. The summed E-state index contributed by atoms with van der Waals surface area (Å²) in [5, 5.41) is 4.13. The van der Waals surface area contributed by atoms with E-state index in [0.717, 1.165) is 60.7 Å². The van der Waals surface area contributed by atoms with E-state index < -0.39 is 5.41 Å². The van der Waals surface area contributed by atoms with Gasteiger partial charge in [-0.3, -0.25) is 14.4 Å².